The molecule has 4 atom stereocenters. The van der Waals surface area contributed by atoms with E-state index in [9.17, 15) is 19.5 Å². The Kier molecular flexibility index (Phi) is 3.62. The molecule has 2 aliphatic carbocycles. The maximum atomic E-state index is 12.8. The monoisotopic (exact) mass is 374 g/mol. The van der Waals surface area contributed by atoms with Crippen LogP contribution in [0.2, 0.25) is 0 Å². The number of benzene rings is 2. The summed E-state index contributed by atoms with van der Waals surface area (Å²) in [5, 5.41) is 12.2. The number of phenolic OH excluding ortho intramolecular Hbond substituents is 1. The van der Waals surface area contributed by atoms with Crippen LogP contribution in [0.15, 0.2) is 60.7 Å². The van der Waals surface area contributed by atoms with Gasteiger partial charge in [-0.2, -0.15) is 0 Å². The quantitative estimate of drug-likeness (QED) is 0.639. The number of aromatic hydroxyl groups is 1. The number of nitrogens with one attached hydrogen (secondary N) is 1. The lowest BCUT2D eigenvalue weighted by Gasteiger charge is -2.17. The predicted octanol–water partition coefficient (Wildman–Crippen LogP) is 2.96. The topological polar surface area (TPSA) is 86.7 Å². The number of hydrogen-bond donors (Lipinski definition) is 2. The molecule has 3 amide bonds. The van der Waals surface area contributed by atoms with Crippen LogP contribution in [0.1, 0.15) is 16.8 Å². The van der Waals surface area contributed by atoms with E-state index in [1.165, 1.54) is 17.0 Å². The lowest BCUT2D eigenvalue weighted by molar-refractivity contribution is -0.123. The number of carbonyl (C=O) groups excluding carboxylic acids is 3. The first-order valence-electron chi connectivity index (χ1n) is 9.29. The third kappa shape index (κ3) is 2.45. The minimum atomic E-state index is -0.338. The van der Waals surface area contributed by atoms with Crippen molar-refractivity contribution in [1.29, 1.82) is 0 Å². The van der Waals surface area contributed by atoms with Gasteiger partial charge < -0.3 is 10.4 Å². The van der Waals surface area contributed by atoms with Crippen molar-refractivity contribution in [1.82, 2.24) is 0 Å². The Hall–Kier alpha value is -3.41. The minimum absolute atomic E-state index is 0.0632. The van der Waals surface area contributed by atoms with Gasteiger partial charge in [0.25, 0.3) is 5.91 Å². The fourth-order valence-electron chi connectivity index (χ4n) is 4.71. The molecule has 1 saturated carbocycles. The van der Waals surface area contributed by atoms with Crippen molar-refractivity contribution in [2.75, 3.05) is 10.2 Å². The number of rotatable bonds is 3. The molecule has 2 fully saturated rings. The molecule has 1 heterocycles. The van der Waals surface area contributed by atoms with Crippen molar-refractivity contribution in [3.63, 3.8) is 0 Å². The number of hydrogen-bond acceptors (Lipinski definition) is 4. The number of carbonyl (C=O) groups is 3. The van der Waals surface area contributed by atoms with Crippen molar-refractivity contribution in [2.45, 2.75) is 6.42 Å². The Labute approximate surface area is 161 Å². The second-order valence-corrected chi connectivity index (χ2v) is 7.56. The van der Waals surface area contributed by atoms with Crippen LogP contribution in [-0.4, -0.2) is 22.8 Å². The van der Waals surface area contributed by atoms with Crippen LogP contribution in [0.5, 0.6) is 5.75 Å². The van der Waals surface area contributed by atoms with E-state index in [4.69, 9.17) is 0 Å². The van der Waals surface area contributed by atoms with Gasteiger partial charge in [-0.15, -0.1) is 0 Å². The molecule has 2 aromatic carbocycles. The average molecular weight is 374 g/mol. The van der Waals surface area contributed by atoms with Crippen LogP contribution in [0, 0.1) is 23.7 Å². The lowest BCUT2D eigenvalue weighted by Crippen LogP contribution is -2.32. The molecule has 2 aromatic rings. The summed E-state index contributed by atoms with van der Waals surface area (Å²) in [6.45, 7) is 0. The molecule has 0 spiro atoms. The molecule has 0 aromatic heterocycles. The van der Waals surface area contributed by atoms with Crippen molar-refractivity contribution < 1.29 is 19.5 Å². The molecular formula is C22H18N2O4. The second-order valence-electron chi connectivity index (χ2n) is 7.56. The fraction of sp³-hybridized carbons (Fsp3) is 0.227. The van der Waals surface area contributed by atoms with Crippen LogP contribution in [-0.2, 0) is 9.59 Å². The molecule has 3 aliphatic rings. The highest BCUT2D eigenvalue weighted by Crippen LogP contribution is 2.53. The predicted molar refractivity (Wildman–Crippen MR) is 103 cm³/mol. The Balaban J connectivity index is 1.35. The lowest BCUT2D eigenvalue weighted by atomic mass is 9.85. The van der Waals surface area contributed by atoms with Gasteiger partial charge in [0.15, 0.2) is 0 Å². The van der Waals surface area contributed by atoms with Gasteiger partial charge in [0.2, 0.25) is 11.8 Å². The molecule has 140 valence electrons. The minimum Gasteiger partial charge on any atom is -0.508 e. The first-order valence-corrected chi connectivity index (χ1v) is 9.29. The van der Waals surface area contributed by atoms with E-state index in [1.807, 2.05) is 0 Å². The zero-order valence-electron chi connectivity index (χ0n) is 14.9. The highest BCUT2D eigenvalue weighted by molar-refractivity contribution is 6.23. The summed E-state index contributed by atoms with van der Waals surface area (Å²) < 4.78 is 0. The molecule has 6 heteroatoms. The SMILES string of the molecule is O=C(Nc1cccc(O)c1)c1ccc(N2C(=O)[C@H]3[C@H](C2=O)[C@H]2C=C[C@H]3C2)cc1. The number of phenols is 1. The zero-order chi connectivity index (χ0) is 19.4. The van der Waals surface area contributed by atoms with Gasteiger partial charge in [0.1, 0.15) is 5.75 Å². The smallest absolute Gasteiger partial charge is 0.255 e. The first-order chi connectivity index (χ1) is 13.5. The number of allylic oxidation sites excluding steroid dienone is 2. The third-order valence-corrected chi connectivity index (χ3v) is 5.96. The number of imide groups is 1. The molecule has 1 aliphatic heterocycles. The molecule has 0 unspecified atom stereocenters. The molecule has 1 saturated heterocycles. The van der Waals surface area contributed by atoms with Gasteiger partial charge in [0, 0.05) is 17.3 Å². The van der Waals surface area contributed by atoms with Crippen LogP contribution >= 0.6 is 0 Å². The van der Waals surface area contributed by atoms with Crippen LogP contribution < -0.4 is 10.2 Å². The molecule has 6 nitrogen and oxygen atoms in total. The summed E-state index contributed by atoms with van der Waals surface area (Å²) in [6.07, 6.45) is 5.03. The normalized spacial score (nSPS) is 27.4. The van der Waals surface area contributed by atoms with Crippen molar-refractivity contribution in [3.05, 3.63) is 66.2 Å². The van der Waals surface area contributed by atoms with E-state index in [0.717, 1.165) is 6.42 Å². The van der Waals surface area contributed by atoms with Gasteiger partial charge in [-0.1, -0.05) is 18.2 Å². The van der Waals surface area contributed by atoms with E-state index in [1.54, 1.807) is 36.4 Å². The van der Waals surface area contributed by atoms with E-state index in [0.29, 0.717) is 16.9 Å². The van der Waals surface area contributed by atoms with Gasteiger partial charge in [-0.25, -0.2) is 0 Å². The van der Waals surface area contributed by atoms with Crippen LogP contribution in [0.3, 0.4) is 0 Å². The number of anilines is 2. The Morgan fingerprint density at radius 2 is 1.61 bits per heavy atom. The second kappa shape index (κ2) is 6.05. The van der Waals surface area contributed by atoms with Gasteiger partial charge >= 0.3 is 0 Å². The third-order valence-electron chi connectivity index (χ3n) is 5.96. The van der Waals surface area contributed by atoms with Gasteiger partial charge in [-0.3, -0.25) is 19.3 Å². The maximum absolute atomic E-state index is 12.8. The summed E-state index contributed by atoms with van der Waals surface area (Å²) in [7, 11) is 0. The van der Waals surface area contributed by atoms with Crippen molar-refractivity contribution in [2.24, 2.45) is 23.7 Å². The van der Waals surface area contributed by atoms with Crippen LogP contribution in [0.4, 0.5) is 11.4 Å². The molecule has 28 heavy (non-hydrogen) atoms. The Morgan fingerprint density at radius 1 is 0.964 bits per heavy atom. The molecule has 2 bridgehead atoms. The highest BCUT2D eigenvalue weighted by atomic mass is 16.3. The number of nitrogens with zero attached hydrogens (tertiary/aromatic N) is 1. The van der Waals surface area contributed by atoms with E-state index in [2.05, 4.69) is 17.5 Å². The first kappa shape index (κ1) is 16.7. The largest absolute Gasteiger partial charge is 0.508 e. The molecule has 5 rings (SSSR count). The van der Waals surface area contributed by atoms with Gasteiger partial charge in [0.05, 0.1) is 17.5 Å². The van der Waals surface area contributed by atoms with E-state index >= 15 is 0 Å². The Bertz CT molecular complexity index is 997. The molecule has 0 radical (unpaired) electrons. The summed E-state index contributed by atoms with van der Waals surface area (Å²) >= 11 is 0. The molecule has 2 N–H and O–H groups in total. The highest BCUT2D eigenvalue weighted by Gasteiger charge is 2.59. The van der Waals surface area contributed by atoms with Gasteiger partial charge in [-0.05, 0) is 54.7 Å². The summed E-state index contributed by atoms with van der Waals surface area (Å²) in [4.78, 5) is 39.4. The van der Waals surface area contributed by atoms with E-state index in [-0.39, 0.29) is 47.1 Å². The summed E-state index contributed by atoms with van der Waals surface area (Å²) in [5.41, 5.74) is 1.38. The maximum Gasteiger partial charge on any atom is 0.255 e. The number of amides is 3. The van der Waals surface area contributed by atoms with Crippen LogP contribution in [0.25, 0.3) is 0 Å². The van der Waals surface area contributed by atoms with Crippen molar-refractivity contribution in [3.8, 4) is 5.75 Å². The summed E-state index contributed by atoms with van der Waals surface area (Å²) in [6, 6.07) is 12.7. The standard InChI is InChI=1S/C22H18N2O4/c25-17-3-1-2-15(11-17)23-20(26)12-6-8-16(9-7-12)24-21(27)18-13-4-5-14(10-13)19(18)22(24)28/h1-9,11,13-14,18-19,25H,10H2,(H,23,26)/t13-,14-,18+,19+/m0/s1. The Morgan fingerprint density at radius 3 is 2.21 bits per heavy atom. The number of fused-ring (bicyclic) bond motifs is 5. The van der Waals surface area contributed by atoms with Crippen molar-refractivity contribution >= 4 is 29.1 Å². The molecular weight excluding hydrogens is 356 g/mol. The zero-order valence-corrected chi connectivity index (χ0v) is 14.9. The fourth-order valence-corrected chi connectivity index (χ4v) is 4.71. The average Bonchev–Trinajstić information content (AvgIpc) is 3.36. The van der Waals surface area contributed by atoms with E-state index < -0.39 is 0 Å². The summed E-state index contributed by atoms with van der Waals surface area (Å²) in [5.74, 6) is -0.684.